The van der Waals surface area contributed by atoms with Gasteiger partial charge in [-0.3, -0.25) is 0 Å². The minimum atomic E-state index is -3.44. The molecule has 7 heteroatoms. The fraction of sp³-hybridized carbons (Fsp3) is 0.692. The van der Waals surface area contributed by atoms with Gasteiger partial charge < -0.3 is 10.1 Å². The quantitative estimate of drug-likeness (QED) is 0.730. The van der Waals surface area contributed by atoms with Gasteiger partial charge >= 0.3 is 0 Å². The molecule has 0 radical (unpaired) electrons. The molecule has 116 valence electrons. The molecule has 2 N–H and O–H groups in total. The summed E-state index contributed by atoms with van der Waals surface area (Å²) in [5.74, 6) is 0. The molecule has 1 rings (SSSR count). The molecule has 0 amide bonds. The van der Waals surface area contributed by atoms with Gasteiger partial charge in [0.15, 0.2) is 0 Å². The zero-order valence-corrected chi connectivity index (χ0v) is 14.1. The Morgan fingerprint density at radius 3 is 2.65 bits per heavy atom. The van der Waals surface area contributed by atoms with E-state index in [1.807, 2.05) is 13.8 Å². The van der Waals surface area contributed by atoms with E-state index in [0.717, 1.165) is 4.88 Å². The Morgan fingerprint density at radius 1 is 1.35 bits per heavy atom. The van der Waals surface area contributed by atoms with Crippen molar-refractivity contribution in [2.75, 3.05) is 13.2 Å². The SMILES string of the molecule is CCOC(C)CNS(=O)(=O)c1csc(CNC(C)C)c1. The molecule has 1 atom stereocenters. The van der Waals surface area contributed by atoms with E-state index in [0.29, 0.717) is 24.1 Å². The lowest BCUT2D eigenvalue weighted by molar-refractivity contribution is 0.0799. The van der Waals surface area contributed by atoms with Crippen LogP contribution in [-0.2, 0) is 21.3 Å². The smallest absolute Gasteiger partial charge is 0.241 e. The minimum absolute atomic E-state index is 0.129. The summed E-state index contributed by atoms with van der Waals surface area (Å²) >= 11 is 1.45. The summed E-state index contributed by atoms with van der Waals surface area (Å²) < 4.78 is 32.1. The second-order valence-corrected chi connectivity index (χ2v) is 7.66. The lowest BCUT2D eigenvalue weighted by atomic mass is 10.4. The molecule has 0 aliphatic carbocycles. The molecule has 0 saturated heterocycles. The first kappa shape index (κ1) is 17.6. The molecule has 5 nitrogen and oxygen atoms in total. The highest BCUT2D eigenvalue weighted by Gasteiger charge is 2.17. The summed E-state index contributed by atoms with van der Waals surface area (Å²) in [7, 11) is -3.44. The van der Waals surface area contributed by atoms with E-state index >= 15 is 0 Å². The van der Waals surface area contributed by atoms with Crippen molar-refractivity contribution < 1.29 is 13.2 Å². The van der Waals surface area contributed by atoms with Crippen molar-refractivity contribution in [3.8, 4) is 0 Å². The molecule has 0 aromatic carbocycles. The molecule has 1 aromatic heterocycles. The summed E-state index contributed by atoms with van der Waals surface area (Å²) in [6.45, 7) is 9.39. The van der Waals surface area contributed by atoms with E-state index in [9.17, 15) is 8.42 Å². The highest BCUT2D eigenvalue weighted by Crippen LogP contribution is 2.19. The topological polar surface area (TPSA) is 67.4 Å². The fourth-order valence-corrected chi connectivity index (χ4v) is 3.89. The second kappa shape index (κ2) is 8.09. The van der Waals surface area contributed by atoms with Crippen molar-refractivity contribution in [3.63, 3.8) is 0 Å². The van der Waals surface area contributed by atoms with Gasteiger partial charge in [-0.25, -0.2) is 13.1 Å². The molecule has 0 aliphatic heterocycles. The minimum Gasteiger partial charge on any atom is -0.377 e. The number of nitrogens with one attached hydrogen (secondary N) is 2. The first-order valence-electron chi connectivity index (χ1n) is 6.77. The van der Waals surface area contributed by atoms with Gasteiger partial charge in [0.05, 0.1) is 11.0 Å². The lowest BCUT2D eigenvalue weighted by Gasteiger charge is -2.12. The van der Waals surface area contributed by atoms with Gasteiger partial charge in [0.2, 0.25) is 10.0 Å². The lowest BCUT2D eigenvalue weighted by Crippen LogP contribution is -2.32. The fourth-order valence-electron chi connectivity index (χ4n) is 1.55. The molecular formula is C13H24N2O3S2. The van der Waals surface area contributed by atoms with E-state index < -0.39 is 10.0 Å². The number of hydrogen-bond acceptors (Lipinski definition) is 5. The van der Waals surface area contributed by atoms with Crippen LogP contribution < -0.4 is 10.0 Å². The van der Waals surface area contributed by atoms with Crippen LogP contribution in [0.5, 0.6) is 0 Å². The van der Waals surface area contributed by atoms with Gasteiger partial charge in [0, 0.05) is 36.0 Å². The van der Waals surface area contributed by atoms with Crippen molar-refractivity contribution in [3.05, 3.63) is 16.3 Å². The van der Waals surface area contributed by atoms with Crippen LogP contribution in [0.2, 0.25) is 0 Å². The average molecular weight is 320 g/mol. The maximum atomic E-state index is 12.1. The Hall–Kier alpha value is -0.470. The largest absolute Gasteiger partial charge is 0.377 e. The van der Waals surface area contributed by atoms with Gasteiger partial charge in [0.25, 0.3) is 0 Å². The third kappa shape index (κ3) is 5.88. The standard InChI is InChI=1S/C13H24N2O3S2/c1-5-18-11(4)7-15-20(16,17)13-6-12(19-9-13)8-14-10(2)3/h6,9-11,14-15H,5,7-8H2,1-4H3. The molecule has 0 fully saturated rings. The zero-order chi connectivity index (χ0) is 15.2. The second-order valence-electron chi connectivity index (χ2n) is 4.90. The van der Waals surface area contributed by atoms with E-state index in [-0.39, 0.29) is 12.6 Å². The maximum Gasteiger partial charge on any atom is 0.241 e. The molecular weight excluding hydrogens is 296 g/mol. The van der Waals surface area contributed by atoms with Gasteiger partial charge in [-0.15, -0.1) is 11.3 Å². The molecule has 1 heterocycles. The molecule has 0 bridgehead atoms. The van der Waals surface area contributed by atoms with E-state index in [1.165, 1.54) is 11.3 Å². The summed E-state index contributed by atoms with van der Waals surface area (Å²) in [5, 5.41) is 4.94. The van der Waals surface area contributed by atoms with E-state index in [2.05, 4.69) is 23.9 Å². The summed E-state index contributed by atoms with van der Waals surface area (Å²) in [4.78, 5) is 1.34. The number of ether oxygens (including phenoxy) is 1. The molecule has 0 spiro atoms. The Labute approximate surface area is 125 Å². The molecule has 0 saturated carbocycles. The average Bonchev–Trinajstić information content (AvgIpc) is 2.84. The zero-order valence-electron chi connectivity index (χ0n) is 12.5. The van der Waals surface area contributed by atoms with Gasteiger partial charge in [0.1, 0.15) is 0 Å². The number of thiophene rings is 1. The van der Waals surface area contributed by atoms with Crippen LogP contribution >= 0.6 is 11.3 Å². The Kier molecular flexibility index (Phi) is 7.11. The Bertz CT molecular complexity index is 497. The summed E-state index contributed by atoms with van der Waals surface area (Å²) in [5.41, 5.74) is 0. The highest BCUT2D eigenvalue weighted by atomic mass is 32.2. The van der Waals surface area contributed by atoms with Crippen LogP contribution in [0.15, 0.2) is 16.3 Å². The first-order chi connectivity index (χ1) is 9.35. The maximum absolute atomic E-state index is 12.1. The van der Waals surface area contributed by atoms with Crippen LogP contribution in [0, 0.1) is 0 Å². The van der Waals surface area contributed by atoms with Gasteiger partial charge in [-0.2, -0.15) is 0 Å². The van der Waals surface area contributed by atoms with Crippen molar-refractivity contribution in [2.24, 2.45) is 0 Å². The monoisotopic (exact) mass is 320 g/mol. The number of sulfonamides is 1. The van der Waals surface area contributed by atoms with Crippen LogP contribution in [0.4, 0.5) is 0 Å². The van der Waals surface area contributed by atoms with E-state index in [1.54, 1.807) is 11.4 Å². The number of hydrogen-bond donors (Lipinski definition) is 2. The Morgan fingerprint density at radius 2 is 2.05 bits per heavy atom. The molecule has 20 heavy (non-hydrogen) atoms. The van der Waals surface area contributed by atoms with Crippen LogP contribution in [0.25, 0.3) is 0 Å². The van der Waals surface area contributed by atoms with Crippen molar-refractivity contribution in [1.82, 2.24) is 10.0 Å². The van der Waals surface area contributed by atoms with Crippen molar-refractivity contribution in [2.45, 2.75) is 51.3 Å². The molecule has 1 unspecified atom stereocenters. The third-order valence-electron chi connectivity index (χ3n) is 2.64. The van der Waals surface area contributed by atoms with Crippen LogP contribution in [0.1, 0.15) is 32.6 Å². The highest BCUT2D eigenvalue weighted by molar-refractivity contribution is 7.89. The summed E-state index contributed by atoms with van der Waals surface area (Å²) in [6.07, 6.45) is -0.129. The molecule has 0 aliphatic rings. The Balaban J connectivity index is 2.59. The predicted octanol–water partition coefficient (Wildman–Crippen LogP) is 1.95. The first-order valence-corrected chi connectivity index (χ1v) is 9.13. The van der Waals surface area contributed by atoms with E-state index in [4.69, 9.17) is 4.74 Å². The summed E-state index contributed by atoms with van der Waals surface area (Å²) in [6, 6.07) is 2.09. The predicted molar refractivity (Wildman–Crippen MR) is 82.6 cm³/mol. The number of rotatable bonds is 9. The van der Waals surface area contributed by atoms with Crippen LogP contribution in [-0.4, -0.2) is 33.7 Å². The van der Waals surface area contributed by atoms with Crippen molar-refractivity contribution >= 4 is 21.4 Å². The van der Waals surface area contributed by atoms with Crippen molar-refractivity contribution in [1.29, 1.82) is 0 Å². The van der Waals surface area contributed by atoms with Crippen LogP contribution in [0.3, 0.4) is 0 Å². The normalized spacial score (nSPS) is 13.8. The van der Waals surface area contributed by atoms with Gasteiger partial charge in [-0.05, 0) is 19.9 Å². The third-order valence-corrected chi connectivity index (χ3v) is 5.13. The molecule has 1 aromatic rings. The van der Waals surface area contributed by atoms with Gasteiger partial charge in [-0.1, -0.05) is 13.8 Å².